The minimum absolute atomic E-state index is 0.0577. The number of aromatic amines is 1. The van der Waals surface area contributed by atoms with Crippen molar-refractivity contribution in [1.82, 2.24) is 25.9 Å². The molecule has 0 aliphatic heterocycles. The van der Waals surface area contributed by atoms with Crippen molar-refractivity contribution < 1.29 is 24.3 Å². The molecule has 0 bridgehead atoms. The molecule has 1 heterocycles. The predicted octanol–water partition coefficient (Wildman–Crippen LogP) is -0.0694. The normalized spacial score (nSPS) is 16.7. The molecule has 0 saturated carbocycles. The van der Waals surface area contributed by atoms with E-state index in [-0.39, 0.29) is 18.3 Å². The molecule has 0 radical (unpaired) electrons. The number of carboxylic acid groups (broad SMARTS) is 1. The summed E-state index contributed by atoms with van der Waals surface area (Å²) in [6.45, 7) is 8.79. The summed E-state index contributed by atoms with van der Waals surface area (Å²) in [6.07, 6.45) is 4.27. The molecule has 11 heteroatoms. The third-order valence-corrected chi connectivity index (χ3v) is 5.70. The van der Waals surface area contributed by atoms with E-state index < -0.39 is 47.9 Å². The highest BCUT2D eigenvalue weighted by Gasteiger charge is 2.31. The Morgan fingerprint density at radius 1 is 1.00 bits per heavy atom. The molecule has 11 nitrogen and oxygen atoms in total. The van der Waals surface area contributed by atoms with Gasteiger partial charge in [-0.25, -0.2) is 9.78 Å². The molecule has 0 aliphatic carbocycles. The minimum atomic E-state index is -1.15. The van der Waals surface area contributed by atoms with Gasteiger partial charge in [-0.05, 0) is 18.8 Å². The monoisotopic (exact) mass is 452 g/mol. The SMILES string of the molecule is CCC(C)C(N)C(=O)NC(C)C(=O)NC(Cc1cnc[nH]1)C(=O)NC(C(=O)O)C(C)CC. The third kappa shape index (κ3) is 7.95. The lowest BCUT2D eigenvalue weighted by Gasteiger charge is -2.26. The van der Waals surface area contributed by atoms with Crippen LogP contribution in [0.2, 0.25) is 0 Å². The summed E-state index contributed by atoms with van der Waals surface area (Å²) >= 11 is 0. The van der Waals surface area contributed by atoms with Crippen molar-refractivity contribution >= 4 is 23.7 Å². The summed E-state index contributed by atoms with van der Waals surface area (Å²) in [7, 11) is 0. The molecule has 0 aliphatic rings. The van der Waals surface area contributed by atoms with Gasteiger partial charge in [0.1, 0.15) is 18.1 Å². The van der Waals surface area contributed by atoms with Gasteiger partial charge in [-0.3, -0.25) is 14.4 Å². The average Bonchev–Trinajstić information content (AvgIpc) is 3.27. The fourth-order valence-corrected chi connectivity index (χ4v) is 2.95. The van der Waals surface area contributed by atoms with E-state index in [0.717, 1.165) is 0 Å². The van der Waals surface area contributed by atoms with Crippen LogP contribution in [0.25, 0.3) is 0 Å². The van der Waals surface area contributed by atoms with Gasteiger partial charge in [-0.15, -0.1) is 0 Å². The van der Waals surface area contributed by atoms with E-state index in [0.29, 0.717) is 18.5 Å². The number of hydrogen-bond acceptors (Lipinski definition) is 6. The highest BCUT2D eigenvalue weighted by Crippen LogP contribution is 2.09. The number of amides is 3. The maximum Gasteiger partial charge on any atom is 0.326 e. The van der Waals surface area contributed by atoms with Gasteiger partial charge in [0.15, 0.2) is 0 Å². The number of hydrogen-bond donors (Lipinski definition) is 6. The molecule has 0 saturated heterocycles. The number of nitrogens with zero attached hydrogens (tertiary/aromatic N) is 1. The molecule has 32 heavy (non-hydrogen) atoms. The van der Waals surface area contributed by atoms with Gasteiger partial charge < -0.3 is 31.8 Å². The number of nitrogens with two attached hydrogens (primary N) is 1. The lowest BCUT2D eigenvalue weighted by atomic mass is 9.98. The molecule has 1 rings (SSSR count). The van der Waals surface area contributed by atoms with Crippen LogP contribution in [0.1, 0.15) is 53.2 Å². The number of H-pyrrole nitrogens is 1. The number of aromatic nitrogens is 2. The van der Waals surface area contributed by atoms with E-state index in [2.05, 4.69) is 25.9 Å². The molecule has 6 atom stereocenters. The molecular formula is C21H36N6O5. The van der Waals surface area contributed by atoms with Crippen LogP contribution in [-0.4, -0.2) is 62.9 Å². The Bertz CT molecular complexity index is 769. The first-order valence-corrected chi connectivity index (χ1v) is 10.9. The third-order valence-electron chi connectivity index (χ3n) is 5.70. The topological polar surface area (TPSA) is 179 Å². The van der Waals surface area contributed by atoms with Crippen molar-refractivity contribution in [1.29, 1.82) is 0 Å². The largest absolute Gasteiger partial charge is 0.480 e. The first-order valence-electron chi connectivity index (χ1n) is 10.9. The van der Waals surface area contributed by atoms with E-state index in [4.69, 9.17) is 5.73 Å². The maximum absolute atomic E-state index is 12.9. The zero-order valence-corrected chi connectivity index (χ0v) is 19.3. The lowest BCUT2D eigenvalue weighted by Crippen LogP contribution is -2.58. The van der Waals surface area contributed by atoms with Crippen LogP contribution in [0.4, 0.5) is 0 Å². The van der Waals surface area contributed by atoms with Crippen LogP contribution in [0.3, 0.4) is 0 Å². The van der Waals surface area contributed by atoms with E-state index in [1.54, 1.807) is 6.92 Å². The van der Waals surface area contributed by atoms with Gasteiger partial charge in [0.05, 0.1) is 12.4 Å². The molecule has 0 fully saturated rings. The van der Waals surface area contributed by atoms with Crippen molar-refractivity contribution in [3.05, 3.63) is 18.2 Å². The molecule has 1 aromatic rings. The number of carbonyl (C=O) groups is 4. The number of aliphatic carboxylic acids is 1. The smallest absolute Gasteiger partial charge is 0.326 e. The highest BCUT2D eigenvalue weighted by atomic mass is 16.4. The Balaban J connectivity index is 2.91. The van der Waals surface area contributed by atoms with Crippen LogP contribution in [0.5, 0.6) is 0 Å². The first kappa shape index (κ1) is 27.1. The fourth-order valence-electron chi connectivity index (χ4n) is 2.95. The van der Waals surface area contributed by atoms with Crippen LogP contribution in [-0.2, 0) is 25.6 Å². The van der Waals surface area contributed by atoms with Crippen molar-refractivity contribution in [3.8, 4) is 0 Å². The number of nitrogens with one attached hydrogen (secondary N) is 4. The van der Waals surface area contributed by atoms with Crippen LogP contribution in [0.15, 0.2) is 12.5 Å². The van der Waals surface area contributed by atoms with Crippen molar-refractivity contribution in [2.24, 2.45) is 17.6 Å². The number of rotatable bonds is 13. The summed E-state index contributed by atoms with van der Waals surface area (Å²) in [5, 5.41) is 17.1. The molecular weight excluding hydrogens is 416 g/mol. The standard InChI is InChI=1S/C21H36N6O5/c1-6-11(3)16(22)20(30)25-13(5)18(28)26-15(8-14-9-23-10-24-14)19(29)27-17(21(31)32)12(4)7-2/h9-13,15-17H,6-8,22H2,1-5H3,(H,23,24)(H,25,30)(H,26,28)(H,27,29)(H,31,32). The molecule has 180 valence electrons. The van der Waals surface area contributed by atoms with Gasteiger partial charge in [-0.2, -0.15) is 0 Å². The van der Waals surface area contributed by atoms with Gasteiger partial charge >= 0.3 is 5.97 Å². The molecule has 6 unspecified atom stereocenters. The van der Waals surface area contributed by atoms with Crippen LogP contribution < -0.4 is 21.7 Å². The van der Waals surface area contributed by atoms with Gasteiger partial charge in [-0.1, -0.05) is 40.5 Å². The van der Waals surface area contributed by atoms with Gasteiger partial charge in [0.25, 0.3) is 0 Å². The number of carbonyl (C=O) groups excluding carboxylic acids is 3. The number of carboxylic acids is 1. The zero-order chi connectivity index (χ0) is 24.4. The predicted molar refractivity (Wildman–Crippen MR) is 118 cm³/mol. The molecule has 0 aromatic carbocycles. The number of imidazole rings is 1. The highest BCUT2D eigenvalue weighted by molar-refractivity contribution is 5.94. The summed E-state index contributed by atoms with van der Waals surface area (Å²) in [5.41, 5.74) is 6.49. The van der Waals surface area contributed by atoms with Crippen LogP contribution >= 0.6 is 0 Å². The second kappa shape index (κ2) is 12.8. The lowest BCUT2D eigenvalue weighted by molar-refractivity contribution is -0.143. The zero-order valence-electron chi connectivity index (χ0n) is 19.3. The summed E-state index contributed by atoms with van der Waals surface area (Å²) < 4.78 is 0. The Hall–Kier alpha value is -2.95. The molecule has 1 aromatic heterocycles. The van der Waals surface area contributed by atoms with Gasteiger partial charge in [0, 0.05) is 18.3 Å². The second-order valence-corrected chi connectivity index (χ2v) is 8.19. The average molecular weight is 453 g/mol. The van der Waals surface area contributed by atoms with Crippen molar-refractivity contribution in [3.63, 3.8) is 0 Å². The quantitative estimate of drug-likeness (QED) is 0.242. The van der Waals surface area contributed by atoms with Crippen molar-refractivity contribution in [2.45, 2.75) is 78.0 Å². The van der Waals surface area contributed by atoms with E-state index in [1.165, 1.54) is 19.4 Å². The Morgan fingerprint density at radius 2 is 1.62 bits per heavy atom. The fraction of sp³-hybridized carbons (Fsp3) is 0.667. The van der Waals surface area contributed by atoms with Crippen LogP contribution in [0, 0.1) is 11.8 Å². The summed E-state index contributed by atoms with van der Waals surface area (Å²) in [6, 6.07) is -3.87. The summed E-state index contributed by atoms with van der Waals surface area (Å²) in [5.74, 6) is -3.21. The van der Waals surface area contributed by atoms with E-state index in [1.807, 2.05) is 20.8 Å². The molecule has 7 N–H and O–H groups in total. The van der Waals surface area contributed by atoms with Gasteiger partial charge in [0.2, 0.25) is 17.7 Å². The summed E-state index contributed by atoms with van der Waals surface area (Å²) in [4.78, 5) is 56.2. The Labute approximate surface area is 188 Å². The maximum atomic E-state index is 12.9. The minimum Gasteiger partial charge on any atom is -0.480 e. The molecule has 3 amide bonds. The van der Waals surface area contributed by atoms with Crippen molar-refractivity contribution in [2.75, 3.05) is 0 Å². The molecule has 0 spiro atoms. The van der Waals surface area contributed by atoms with E-state index in [9.17, 15) is 24.3 Å². The Morgan fingerprint density at radius 3 is 2.12 bits per heavy atom. The van der Waals surface area contributed by atoms with E-state index >= 15 is 0 Å². The second-order valence-electron chi connectivity index (χ2n) is 8.19. The Kier molecular flexibility index (Phi) is 10.8. The first-order chi connectivity index (χ1) is 15.0.